The first-order valence-electron chi connectivity index (χ1n) is 11.0. The number of phenols is 1. The first-order valence-corrected chi connectivity index (χ1v) is 11.0. The number of rotatable bonds is 9. The van der Waals surface area contributed by atoms with Gasteiger partial charge in [0.15, 0.2) is 0 Å². The second-order valence-electron chi connectivity index (χ2n) is 8.06. The number of aromatic hydroxyl groups is 1. The first-order chi connectivity index (χ1) is 15.6. The van der Waals surface area contributed by atoms with Gasteiger partial charge < -0.3 is 25.8 Å². The van der Waals surface area contributed by atoms with Gasteiger partial charge in [0, 0.05) is 24.7 Å². The molecule has 168 valence electrons. The van der Waals surface area contributed by atoms with E-state index in [0.717, 1.165) is 54.6 Å². The normalized spacial score (nSPS) is 14.8. The van der Waals surface area contributed by atoms with Crippen LogP contribution in [0.15, 0.2) is 54.7 Å². The minimum absolute atomic E-state index is 0.0986. The van der Waals surface area contributed by atoms with Gasteiger partial charge >= 0.3 is 0 Å². The molecule has 0 saturated heterocycles. The summed E-state index contributed by atoms with van der Waals surface area (Å²) in [6.45, 7) is 5.85. The Balaban J connectivity index is 1.35. The number of hydrogen-bond acceptors (Lipinski definition) is 6. The number of anilines is 2. The Morgan fingerprint density at radius 1 is 1.06 bits per heavy atom. The lowest BCUT2D eigenvalue weighted by atomic mass is 10.00. The molecule has 2 aromatic carbocycles. The molecule has 0 fully saturated rings. The number of nitrogens with zero attached hydrogens (tertiary/aromatic N) is 2. The molecule has 0 radical (unpaired) electrons. The van der Waals surface area contributed by atoms with Crippen LogP contribution in [0.1, 0.15) is 35.6 Å². The molecule has 4 N–H and O–H groups in total. The van der Waals surface area contributed by atoms with Crippen LogP contribution in [-0.4, -0.2) is 35.1 Å². The van der Waals surface area contributed by atoms with E-state index in [0.29, 0.717) is 0 Å². The van der Waals surface area contributed by atoms with E-state index in [1.807, 2.05) is 10.9 Å². The van der Waals surface area contributed by atoms with E-state index < -0.39 is 0 Å². The molecule has 3 aromatic rings. The van der Waals surface area contributed by atoms with Crippen molar-refractivity contribution < 1.29 is 9.84 Å². The quantitative estimate of drug-likeness (QED) is 0.367. The molecular formula is C25H31N5O2. The van der Waals surface area contributed by atoms with Crippen LogP contribution >= 0.6 is 0 Å². The molecule has 32 heavy (non-hydrogen) atoms. The second kappa shape index (κ2) is 9.68. The molecule has 1 aromatic heterocycles. The van der Waals surface area contributed by atoms with Crippen molar-refractivity contribution >= 4 is 17.3 Å². The van der Waals surface area contributed by atoms with Gasteiger partial charge in [-0.15, -0.1) is 0 Å². The van der Waals surface area contributed by atoms with E-state index in [9.17, 15) is 5.11 Å². The highest BCUT2D eigenvalue weighted by Gasteiger charge is 2.23. The largest absolute Gasteiger partial charge is 0.508 e. The standard InChI is InChI=1S/C25H31N5O2/c1-17-8-4-5-9-20(17)21-15-24(30-25(29-21)18(2)16-28-30)27-13-7-6-12-26-22-14-19(31)10-11-23(22)32-3/h4-5,8-11,14-16,21,26-27,29,31H,6-7,12-13H2,1-3H3. The minimum Gasteiger partial charge on any atom is -0.508 e. The SMILES string of the molecule is COc1ccc(O)cc1NCCCCNC1=CC(c2ccccc2C)Nc2c(C)cnn21. The van der Waals surface area contributed by atoms with E-state index in [4.69, 9.17) is 4.74 Å². The predicted molar refractivity (Wildman–Crippen MR) is 129 cm³/mol. The molecule has 1 aliphatic rings. The Morgan fingerprint density at radius 3 is 2.62 bits per heavy atom. The van der Waals surface area contributed by atoms with Crippen LogP contribution in [0.5, 0.6) is 11.5 Å². The van der Waals surface area contributed by atoms with Gasteiger partial charge in [-0.3, -0.25) is 0 Å². The molecule has 7 heteroatoms. The average molecular weight is 434 g/mol. The van der Waals surface area contributed by atoms with E-state index in [1.54, 1.807) is 25.3 Å². The molecule has 1 unspecified atom stereocenters. The van der Waals surface area contributed by atoms with Gasteiger partial charge in [-0.1, -0.05) is 24.3 Å². The third-order valence-electron chi connectivity index (χ3n) is 5.73. The van der Waals surface area contributed by atoms with Crippen LogP contribution in [0.3, 0.4) is 0 Å². The van der Waals surface area contributed by atoms with Crippen molar-refractivity contribution in [1.82, 2.24) is 15.1 Å². The smallest absolute Gasteiger partial charge is 0.142 e. The maximum Gasteiger partial charge on any atom is 0.142 e. The molecule has 1 atom stereocenters. The molecular weight excluding hydrogens is 402 g/mol. The third-order valence-corrected chi connectivity index (χ3v) is 5.73. The summed E-state index contributed by atoms with van der Waals surface area (Å²) in [7, 11) is 1.63. The summed E-state index contributed by atoms with van der Waals surface area (Å²) in [5.41, 5.74) is 4.46. The number of benzene rings is 2. The van der Waals surface area contributed by atoms with Gasteiger partial charge in [-0.25, -0.2) is 4.68 Å². The van der Waals surface area contributed by atoms with Gasteiger partial charge in [-0.2, -0.15) is 5.10 Å². The van der Waals surface area contributed by atoms with Crippen LogP contribution in [-0.2, 0) is 0 Å². The number of phenolic OH excluding ortho intramolecular Hbond substituents is 1. The summed E-state index contributed by atoms with van der Waals surface area (Å²) < 4.78 is 7.28. The van der Waals surface area contributed by atoms with Gasteiger partial charge in [0.1, 0.15) is 23.1 Å². The molecule has 0 bridgehead atoms. The molecule has 2 heterocycles. The third kappa shape index (κ3) is 4.66. The molecule has 0 spiro atoms. The minimum atomic E-state index is 0.0986. The second-order valence-corrected chi connectivity index (χ2v) is 8.06. The van der Waals surface area contributed by atoms with Crippen molar-refractivity contribution in [1.29, 1.82) is 0 Å². The highest BCUT2D eigenvalue weighted by Crippen LogP contribution is 2.32. The van der Waals surface area contributed by atoms with E-state index >= 15 is 0 Å². The van der Waals surface area contributed by atoms with Gasteiger partial charge in [0.05, 0.1) is 25.0 Å². The van der Waals surface area contributed by atoms with Crippen LogP contribution < -0.4 is 20.7 Å². The van der Waals surface area contributed by atoms with E-state index in [1.165, 1.54) is 11.1 Å². The number of aryl methyl sites for hydroxylation is 2. The number of fused-ring (bicyclic) bond motifs is 1. The number of ether oxygens (including phenoxy) is 1. The lowest BCUT2D eigenvalue weighted by Gasteiger charge is -2.27. The summed E-state index contributed by atoms with van der Waals surface area (Å²) in [6, 6.07) is 13.6. The van der Waals surface area contributed by atoms with Crippen molar-refractivity contribution in [3.63, 3.8) is 0 Å². The fourth-order valence-corrected chi connectivity index (χ4v) is 3.97. The number of unbranched alkanes of at least 4 members (excludes halogenated alkanes) is 1. The van der Waals surface area contributed by atoms with Crippen LogP contribution in [0.2, 0.25) is 0 Å². The summed E-state index contributed by atoms with van der Waals surface area (Å²) in [5.74, 6) is 2.98. The number of methoxy groups -OCH3 is 1. The summed E-state index contributed by atoms with van der Waals surface area (Å²) in [4.78, 5) is 0. The predicted octanol–water partition coefficient (Wildman–Crippen LogP) is 4.66. The molecule has 7 nitrogen and oxygen atoms in total. The Bertz CT molecular complexity index is 1110. The lowest BCUT2D eigenvalue weighted by Crippen LogP contribution is -2.27. The summed E-state index contributed by atoms with van der Waals surface area (Å²) in [6.07, 6.45) is 6.06. The van der Waals surface area contributed by atoms with Crippen molar-refractivity contribution in [3.05, 3.63) is 71.4 Å². The Kier molecular flexibility index (Phi) is 6.54. The topological polar surface area (TPSA) is 83.4 Å². The van der Waals surface area contributed by atoms with Crippen LogP contribution in [0.25, 0.3) is 5.82 Å². The molecule has 0 aliphatic carbocycles. The van der Waals surface area contributed by atoms with Crippen LogP contribution in [0, 0.1) is 13.8 Å². The van der Waals surface area contributed by atoms with E-state index in [2.05, 4.69) is 65.2 Å². The zero-order valence-corrected chi connectivity index (χ0v) is 18.9. The first kappa shape index (κ1) is 21.6. The lowest BCUT2D eigenvalue weighted by molar-refractivity contribution is 0.414. The fraction of sp³-hybridized carbons (Fsp3) is 0.320. The van der Waals surface area contributed by atoms with Crippen LogP contribution in [0.4, 0.5) is 11.5 Å². The maximum absolute atomic E-state index is 9.70. The van der Waals surface area contributed by atoms with Crippen molar-refractivity contribution in [2.45, 2.75) is 32.7 Å². The fourth-order valence-electron chi connectivity index (χ4n) is 3.97. The Morgan fingerprint density at radius 2 is 1.84 bits per heavy atom. The highest BCUT2D eigenvalue weighted by atomic mass is 16.5. The molecule has 0 amide bonds. The van der Waals surface area contributed by atoms with Gasteiger partial charge in [0.25, 0.3) is 0 Å². The van der Waals surface area contributed by atoms with Crippen molar-refractivity contribution in [2.75, 3.05) is 30.8 Å². The summed E-state index contributed by atoms with van der Waals surface area (Å²) >= 11 is 0. The van der Waals surface area contributed by atoms with Crippen molar-refractivity contribution in [3.8, 4) is 11.5 Å². The molecule has 1 aliphatic heterocycles. The molecule has 0 saturated carbocycles. The zero-order chi connectivity index (χ0) is 22.5. The van der Waals surface area contributed by atoms with Crippen molar-refractivity contribution in [2.24, 2.45) is 0 Å². The Labute approximate surface area is 189 Å². The zero-order valence-electron chi connectivity index (χ0n) is 18.9. The molecule has 4 rings (SSSR count). The summed E-state index contributed by atoms with van der Waals surface area (Å²) in [5, 5.41) is 24.8. The monoisotopic (exact) mass is 433 g/mol. The number of aromatic nitrogens is 2. The average Bonchev–Trinajstić information content (AvgIpc) is 3.17. The maximum atomic E-state index is 9.70. The number of hydrogen-bond donors (Lipinski definition) is 4. The Hall–Kier alpha value is -3.61. The highest BCUT2D eigenvalue weighted by molar-refractivity contribution is 5.63. The number of nitrogens with one attached hydrogen (secondary N) is 3. The van der Waals surface area contributed by atoms with Gasteiger partial charge in [-0.05, 0) is 56.0 Å². The van der Waals surface area contributed by atoms with E-state index in [-0.39, 0.29) is 11.8 Å². The van der Waals surface area contributed by atoms with Gasteiger partial charge in [0.2, 0.25) is 0 Å².